The van der Waals surface area contributed by atoms with Crippen molar-refractivity contribution >= 4 is 5.95 Å². The molecule has 0 unspecified atom stereocenters. The summed E-state index contributed by atoms with van der Waals surface area (Å²) in [7, 11) is 5.29. The van der Waals surface area contributed by atoms with Gasteiger partial charge in [0.25, 0.3) is 0 Å². The van der Waals surface area contributed by atoms with Gasteiger partial charge in [0.2, 0.25) is 5.95 Å². The Kier molecular flexibility index (Phi) is 3.64. The molecule has 0 spiro atoms. The van der Waals surface area contributed by atoms with Crippen molar-refractivity contribution in [2.75, 3.05) is 26.2 Å². The molecule has 3 rings (SSSR count). The van der Waals surface area contributed by atoms with Crippen LogP contribution in [0.25, 0.3) is 0 Å². The zero-order valence-electron chi connectivity index (χ0n) is 12.5. The molecule has 2 aromatic rings. The van der Waals surface area contributed by atoms with Crippen molar-refractivity contribution in [3.63, 3.8) is 0 Å². The van der Waals surface area contributed by atoms with Crippen molar-refractivity contribution in [1.29, 1.82) is 0 Å². The second-order valence-electron chi connectivity index (χ2n) is 5.17. The molecular weight excluding hydrogens is 270 g/mol. The van der Waals surface area contributed by atoms with E-state index >= 15 is 0 Å². The van der Waals surface area contributed by atoms with Crippen LogP contribution in [0.4, 0.5) is 5.95 Å². The largest absolute Gasteiger partial charge is 0.493 e. The minimum Gasteiger partial charge on any atom is -0.493 e. The first-order chi connectivity index (χ1) is 10.2. The molecule has 1 aromatic carbocycles. The van der Waals surface area contributed by atoms with Crippen molar-refractivity contribution in [2.24, 2.45) is 0 Å². The number of anilines is 1. The van der Waals surface area contributed by atoms with Gasteiger partial charge in [0.15, 0.2) is 11.5 Å². The van der Waals surface area contributed by atoms with E-state index in [2.05, 4.69) is 20.4 Å². The van der Waals surface area contributed by atoms with E-state index in [4.69, 9.17) is 9.47 Å². The Morgan fingerprint density at radius 3 is 2.67 bits per heavy atom. The van der Waals surface area contributed by atoms with E-state index in [1.807, 2.05) is 25.2 Å². The van der Waals surface area contributed by atoms with Crippen molar-refractivity contribution in [1.82, 2.24) is 20.2 Å². The highest BCUT2D eigenvalue weighted by Gasteiger charge is 2.29. The molecule has 0 saturated heterocycles. The van der Waals surface area contributed by atoms with Crippen LogP contribution in [-0.2, 0) is 6.54 Å². The van der Waals surface area contributed by atoms with Gasteiger partial charge in [-0.2, -0.15) is 0 Å². The van der Waals surface area contributed by atoms with E-state index in [1.165, 1.54) is 12.8 Å². The van der Waals surface area contributed by atoms with Gasteiger partial charge in [-0.1, -0.05) is 11.2 Å². The number of hydrogen-bond donors (Lipinski definition) is 0. The lowest BCUT2D eigenvalue weighted by molar-refractivity contribution is 0.354. The smallest absolute Gasteiger partial charge is 0.245 e. The van der Waals surface area contributed by atoms with Crippen LogP contribution in [0.1, 0.15) is 18.4 Å². The number of hydrogen-bond acceptors (Lipinski definition) is 6. The summed E-state index contributed by atoms with van der Waals surface area (Å²) in [5.41, 5.74) is 1.06. The molecule has 1 fully saturated rings. The lowest BCUT2D eigenvalue weighted by Gasteiger charge is -2.17. The first kappa shape index (κ1) is 13.7. The standard InChI is InChI=1S/C14H19N5O2/c1-18(11-5-6-11)14-15-16-17-19(14)9-10-4-7-12(20-2)13(8-10)21-3/h4,7-8,11H,5-6,9H2,1-3H3. The molecule has 1 aromatic heterocycles. The summed E-state index contributed by atoms with van der Waals surface area (Å²) >= 11 is 0. The van der Waals surface area contributed by atoms with E-state index in [1.54, 1.807) is 18.9 Å². The number of benzene rings is 1. The molecule has 1 heterocycles. The molecule has 7 nitrogen and oxygen atoms in total. The molecule has 0 bridgehead atoms. The van der Waals surface area contributed by atoms with Gasteiger partial charge in [-0.05, 0) is 41.0 Å². The molecule has 7 heteroatoms. The molecule has 0 radical (unpaired) electrons. The highest BCUT2D eigenvalue weighted by molar-refractivity contribution is 5.43. The average molecular weight is 289 g/mol. The molecule has 0 aliphatic heterocycles. The topological polar surface area (TPSA) is 65.3 Å². The molecule has 0 N–H and O–H groups in total. The zero-order valence-corrected chi connectivity index (χ0v) is 12.5. The van der Waals surface area contributed by atoms with Crippen molar-refractivity contribution in [3.8, 4) is 11.5 Å². The number of rotatable bonds is 6. The van der Waals surface area contributed by atoms with Gasteiger partial charge in [0.05, 0.1) is 20.8 Å². The third kappa shape index (κ3) is 2.76. The summed E-state index contributed by atoms with van der Waals surface area (Å²) < 4.78 is 12.4. The van der Waals surface area contributed by atoms with Gasteiger partial charge in [-0.3, -0.25) is 0 Å². The Balaban J connectivity index is 1.82. The van der Waals surface area contributed by atoms with E-state index < -0.39 is 0 Å². The van der Waals surface area contributed by atoms with Crippen molar-refractivity contribution in [3.05, 3.63) is 23.8 Å². The SMILES string of the molecule is COc1ccc(Cn2nnnc2N(C)C2CC2)cc1OC. The van der Waals surface area contributed by atoms with Crippen LogP contribution < -0.4 is 14.4 Å². The number of methoxy groups -OCH3 is 2. The lowest BCUT2D eigenvalue weighted by Crippen LogP contribution is -2.24. The van der Waals surface area contributed by atoms with E-state index in [0.29, 0.717) is 24.1 Å². The van der Waals surface area contributed by atoms with Gasteiger partial charge in [-0.25, -0.2) is 4.68 Å². The summed E-state index contributed by atoms with van der Waals surface area (Å²) in [6, 6.07) is 6.40. The van der Waals surface area contributed by atoms with Gasteiger partial charge in [0, 0.05) is 13.1 Å². The molecule has 112 valence electrons. The summed E-state index contributed by atoms with van der Waals surface area (Å²) in [6.45, 7) is 0.597. The third-order valence-corrected chi connectivity index (χ3v) is 3.70. The molecule has 1 aliphatic rings. The predicted octanol–water partition coefficient (Wildman–Crippen LogP) is 1.34. The van der Waals surface area contributed by atoms with Gasteiger partial charge >= 0.3 is 0 Å². The first-order valence-corrected chi connectivity index (χ1v) is 6.93. The van der Waals surface area contributed by atoms with Crippen LogP contribution in [0, 0.1) is 0 Å². The average Bonchev–Trinajstić information content (AvgIpc) is 3.26. The van der Waals surface area contributed by atoms with Crippen LogP contribution in [-0.4, -0.2) is 47.5 Å². The lowest BCUT2D eigenvalue weighted by atomic mass is 10.2. The highest BCUT2D eigenvalue weighted by Crippen LogP contribution is 2.30. The zero-order chi connectivity index (χ0) is 14.8. The summed E-state index contributed by atoms with van der Waals surface area (Å²) in [5, 5.41) is 12.0. The maximum absolute atomic E-state index is 5.33. The van der Waals surface area contributed by atoms with Crippen LogP contribution in [0.5, 0.6) is 11.5 Å². The molecule has 0 atom stereocenters. The van der Waals surface area contributed by atoms with Crippen LogP contribution >= 0.6 is 0 Å². The van der Waals surface area contributed by atoms with Crippen molar-refractivity contribution < 1.29 is 9.47 Å². The number of nitrogens with zero attached hydrogens (tertiary/aromatic N) is 5. The summed E-state index contributed by atoms with van der Waals surface area (Å²) in [5.74, 6) is 2.22. The molecular formula is C14H19N5O2. The summed E-state index contributed by atoms with van der Waals surface area (Å²) in [4.78, 5) is 2.14. The second kappa shape index (κ2) is 5.59. The Morgan fingerprint density at radius 2 is 2.00 bits per heavy atom. The maximum atomic E-state index is 5.33. The minimum absolute atomic E-state index is 0.570. The highest BCUT2D eigenvalue weighted by atomic mass is 16.5. The fraction of sp³-hybridized carbons (Fsp3) is 0.500. The maximum Gasteiger partial charge on any atom is 0.245 e. The molecule has 1 aliphatic carbocycles. The Hall–Kier alpha value is -2.31. The quantitative estimate of drug-likeness (QED) is 0.799. The Labute approximate surface area is 123 Å². The van der Waals surface area contributed by atoms with Crippen LogP contribution in [0.3, 0.4) is 0 Å². The normalized spacial score (nSPS) is 14.0. The van der Waals surface area contributed by atoms with Gasteiger partial charge < -0.3 is 14.4 Å². The Bertz CT molecular complexity index is 624. The van der Waals surface area contributed by atoms with E-state index in [9.17, 15) is 0 Å². The number of aromatic nitrogens is 4. The first-order valence-electron chi connectivity index (χ1n) is 6.93. The van der Waals surface area contributed by atoms with E-state index in [-0.39, 0.29) is 0 Å². The predicted molar refractivity (Wildman–Crippen MR) is 77.9 cm³/mol. The van der Waals surface area contributed by atoms with Crippen LogP contribution in [0.15, 0.2) is 18.2 Å². The van der Waals surface area contributed by atoms with Gasteiger partial charge in [0.1, 0.15) is 0 Å². The summed E-state index contributed by atoms with van der Waals surface area (Å²) in [6.07, 6.45) is 2.42. The monoisotopic (exact) mass is 289 g/mol. The number of ether oxygens (including phenoxy) is 2. The number of tetrazole rings is 1. The second-order valence-corrected chi connectivity index (χ2v) is 5.17. The molecule has 1 saturated carbocycles. The van der Waals surface area contributed by atoms with E-state index in [0.717, 1.165) is 11.5 Å². The third-order valence-electron chi connectivity index (χ3n) is 3.70. The molecule has 21 heavy (non-hydrogen) atoms. The Morgan fingerprint density at radius 1 is 1.24 bits per heavy atom. The minimum atomic E-state index is 0.570. The fourth-order valence-electron chi connectivity index (χ4n) is 2.33. The van der Waals surface area contributed by atoms with Crippen molar-refractivity contribution in [2.45, 2.75) is 25.4 Å². The van der Waals surface area contributed by atoms with Gasteiger partial charge in [-0.15, -0.1) is 0 Å². The fourth-order valence-corrected chi connectivity index (χ4v) is 2.33. The van der Waals surface area contributed by atoms with Crippen LogP contribution in [0.2, 0.25) is 0 Å². The molecule has 0 amide bonds.